The molecule has 4 heterocycles. The predicted octanol–water partition coefficient (Wildman–Crippen LogP) is 12.6. The Balaban J connectivity index is 1.29. The Morgan fingerprint density at radius 3 is 1.48 bits per heavy atom. The summed E-state index contributed by atoms with van der Waals surface area (Å²) in [5, 5.41) is 4.99. The second kappa shape index (κ2) is 11.7. The Bertz CT molecular complexity index is 2740. The molecule has 0 aliphatic carbocycles. The molecular weight excluding hydrogens is 627 g/mol. The maximum atomic E-state index is 4.26. The lowest BCUT2D eigenvalue weighted by molar-refractivity contribution is 1.19. The number of pyridine rings is 2. The fraction of sp³-hybridized carbons (Fsp3) is 0. The van der Waals surface area contributed by atoms with Gasteiger partial charge in [-0.2, -0.15) is 0 Å². The first kappa shape index (κ1) is 28.6. The smallest absolute Gasteiger partial charge is 0.0541 e. The molecule has 6 aromatic carbocycles. The van der Waals surface area contributed by atoms with E-state index < -0.39 is 0 Å². The van der Waals surface area contributed by atoms with E-state index in [4.69, 9.17) is 0 Å². The highest BCUT2D eigenvalue weighted by atomic mass is 32.1. The van der Waals surface area contributed by atoms with E-state index in [0.717, 1.165) is 16.8 Å². The van der Waals surface area contributed by atoms with Crippen LogP contribution in [0.1, 0.15) is 0 Å². The van der Waals surface area contributed by atoms with Crippen LogP contribution in [0.25, 0.3) is 92.2 Å². The summed E-state index contributed by atoms with van der Waals surface area (Å²) in [6.07, 6.45) is 7.44. The number of hydrogen-bond donors (Lipinski definition) is 0. The van der Waals surface area contributed by atoms with E-state index in [1.165, 1.54) is 75.4 Å². The van der Waals surface area contributed by atoms with Gasteiger partial charge in [-0.15, -0.1) is 11.3 Å². The average molecular weight is 656 g/mol. The van der Waals surface area contributed by atoms with Gasteiger partial charge in [-0.05, 0) is 99.6 Å². The normalized spacial score (nSPS) is 11.6. The van der Waals surface area contributed by atoms with Crippen molar-refractivity contribution in [1.29, 1.82) is 0 Å². The lowest BCUT2D eigenvalue weighted by Crippen LogP contribution is -1.95. The van der Waals surface area contributed by atoms with Crippen LogP contribution in [-0.2, 0) is 0 Å². The van der Waals surface area contributed by atoms with Crippen LogP contribution in [0.15, 0.2) is 176 Å². The van der Waals surface area contributed by atoms with Crippen LogP contribution in [0.2, 0.25) is 0 Å². The van der Waals surface area contributed by atoms with Gasteiger partial charge in [0.1, 0.15) is 0 Å². The Morgan fingerprint density at radius 1 is 0.360 bits per heavy atom. The second-order valence-electron chi connectivity index (χ2n) is 12.7. The number of benzene rings is 6. The fourth-order valence-corrected chi connectivity index (χ4v) is 8.79. The van der Waals surface area contributed by atoms with Crippen molar-refractivity contribution in [2.45, 2.75) is 0 Å². The number of aromatic nitrogens is 3. The van der Waals surface area contributed by atoms with Crippen LogP contribution in [-0.4, -0.2) is 14.5 Å². The minimum Gasteiger partial charge on any atom is -0.309 e. The predicted molar refractivity (Wildman–Crippen MR) is 211 cm³/mol. The number of rotatable bonds is 5. The van der Waals surface area contributed by atoms with Gasteiger partial charge in [-0.3, -0.25) is 9.97 Å². The summed E-state index contributed by atoms with van der Waals surface area (Å²) in [5.41, 5.74) is 13.1. The number of thiophene rings is 1. The molecular formula is C46H29N3S. The van der Waals surface area contributed by atoms with Crippen molar-refractivity contribution in [3.05, 3.63) is 176 Å². The van der Waals surface area contributed by atoms with Crippen molar-refractivity contribution in [1.82, 2.24) is 14.5 Å². The van der Waals surface area contributed by atoms with Crippen molar-refractivity contribution < 1.29 is 0 Å². The second-order valence-corrected chi connectivity index (χ2v) is 13.7. The van der Waals surface area contributed by atoms with Crippen LogP contribution < -0.4 is 0 Å². The molecule has 0 spiro atoms. The molecule has 0 atom stereocenters. The molecule has 10 rings (SSSR count). The molecule has 4 heteroatoms. The molecule has 0 saturated heterocycles. The first-order valence-electron chi connectivity index (χ1n) is 16.8. The van der Waals surface area contributed by atoms with E-state index in [0.29, 0.717) is 0 Å². The Hall–Kier alpha value is -6.36. The molecule has 0 aliphatic heterocycles. The van der Waals surface area contributed by atoms with Crippen molar-refractivity contribution in [3.8, 4) is 50.2 Å². The summed E-state index contributed by atoms with van der Waals surface area (Å²) in [6.45, 7) is 0. The van der Waals surface area contributed by atoms with Crippen LogP contribution in [0, 0.1) is 0 Å². The lowest BCUT2D eigenvalue weighted by Gasteiger charge is -2.13. The van der Waals surface area contributed by atoms with Crippen LogP contribution in [0.4, 0.5) is 0 Å². The molecule has 0 N–H and O–H groups in total. The zero-order valence-electron chi connectivity index (χ0n) is 27.0. The van der Waals surface area contributed by atoms with Gasteiger partial charge in [0.2, 0.25) is 0 Å². The molecule has 234 valence electrons. The van der Waals surface area contributed by atoms with Crippen LogP contribution in [0.5, 0.6) is 0 Å². The molecule has 0 fully saturated rings. The SMILES string of the molecule is c1ccc(-c2cccc3c2sc2c(-c4ccccc4)cc(-n4c5ccc(-c6ccncc6)cc5c5cc(-c6ccncc6)ccc54)cc23)cc1. The van der Waals surface area contributed by atoms with Gasteiger partial charge in [0, 0.05) is 67.0 Å². The maximum absolute atomic E-state index is 4.26. The molecule has 0 aliphatic rings. The first-order valence-corrected chi connectivity index (χ1v) is 17.6. The number of nitrogens with zero attached hydrogens (tertiary/aromatic N) is 3. The highest BCUT2D eigenvalue weighted by Gasteiger charge is 2.19. The number of hydrogen-bond acceptors (Lipinski definition) is 3. The standard InChI is InChI=1S/C46H29N3S/c1-3-8-32(9-4-1)37-12-7-13-38-42-29-36(28-39(46(42)50-45(37)38)33-10-5-2-6-11-33)49-43-16-14-34(30-18-22-47-23-19-30)26-40(43)41-27-35(15-17-44(41)49)31-20-24-48-25-21-31/h1-29H. The summed E-state index contributed by atoms with van der Waals surface area (Å²) in [7, 11) is 0. The molecule has 0 unspecified atom stereocenters. The van der Waals surface area contributed by atoms with E-state index in [9.17, 15) is 0 Å². The number of fused-ring (bicyclic) bond motifs is 6. The molecule has 0 radical (unpaired) electrons. The van der Waals surface area contributed by atoms with Gasteiger partial charge in [-0.1, -0.05) is 91.0 Å². The van der Waals surface area contributed by atoms with Gasteiger partial charge in [0.25, 0.3) is 0 Å². The summed E-state index contributed by atoms with van der Waals surface area (Å²) in [5.74, 6) is 0. The van der Waals surface area contributed by atoms with Crippen LogP contribution in [0.3, 0.4) is 0 Å². The molecule has 10 aromatic rings. The summed E-state index contributed by atoms with van der Waals surface area (Å²) < 4.78 is 5.07. The zero-order valence-corrected chi connectivity index (χ0v) is 27.8. The van der Waals surface area contributed by atoms with Gasteiger partial charge >= 0.3 is 0 Å². The van der Waals surface area contributed by atoms with E-state index >= 15 is 0 Å². The van der Waals surface area contributed by atoms with Gasteiger partial charge < -0.3 is 4.57 Å². The zero-order chi connectivity index (χ0) is 33.0. The molecule has 0 amide bonds. The van der Waals surface area contributed by atoms with Crippen molar-refractivity contribution >= 4 is 53.3 Å². The quantitative estimate of drug-likeness (QED) is 0.185. The third-order valence-corrected chi connectivity index (χ3v) is 11.1. The third kappa shape index (κ3) is 4.65. The van der Waals surface area contributed by atoms with Crippen LogP contribution >= 0.6 is 11.3 Å². The fourth-order valence-electron chi connectivity index (χ4n) is 7.44. The largest absolute Gasteiger partial charge is 0.309 e. The van der Waals surface area contributed by atoms with E-state index in [1.54, 1.807) is 0 Å². The summed E-state index contributed by atoms with van der Waals surface area (Å²) in [6, 6.07) is 55.1. The molecule has 0 bridgehead atoms. The minimum absolute atomic E-state index is 1.15. The summed E-state index contributed by atoms with van der Waals surface area (Å²) >= 11 is 1.90. The van der Waals surface area contributed by atoms with Crippen molar-refractivity contribution in [3.63, 3.8) is 0 Å². The van der Waals surface area contributed by atoms with Crippen molar-refractivity contribution in [2.24, 2.45) is 0 Å². The van der Waals surface area contributed by atoms with E-state index in [1.807, 2.05) is 36.1 Å². The maximum Gasteiger partial charge on any atom is 0.0541 e. The molecule has 3 nitrogen and oxygen atoms in total. The highest BCUT2D eigenvalue weighted by Crippen LogP contribution is 2.46. The third-order valence-electron chi connectivity index (χ3n) is 9.80. The molecule has 0 saturated carbocycles. The molecule has 4 aromatic heterocycles. The van der Waals surface area contributed by atoms with Gasteiger partial charge in [-0.25, -0.2) is 0 Å². The van der Waals surface area contributed by atoms with E-state index in [2.05, 4.69) is 166 Å². The highest BCUT2D eigenvalue weighted by molar-refractivity contribution is 7.26. The Morgan fingerprint density at radius 2 is 0.900 bits per heavy atom. The topological polar surface area (TPSA) is 30.7 Å². The average Bonchev–Trinajstić information content (AvgIpc) is 3.74. The Kier molecular flexibility index (Phi) is 6.68. The van der Waals surface area contributed by atoms with Gasteiger partial charge in [0.15, 0.2) is 0 Å². The van der Waals surface area contributed by atoms with Crippen molar-refractivity contribution in [2.75, 3.05) is 0 Å². The first-order chi connectivity index (χ1) is 24.8. The van der Waals surface area contributed by atoms with Gasteiger partial charge in [0.05, 0.1) is 11.0 Å². The van der Waals surface area contributed by atoms with E-state index in [-0.39, 0.29) is 0 Å². The minimum atomic E-state index is 1.15. The molecule has 50 heavy (non-hydrogen) atoms. The lowest BCUT2D eigenvalue weighted by atomic mass is 9.99. The Labute approximate surface area is 293 Å². The summed E-state index contributed by atoms with van der Waals surface area (Å²) in [4.78, 5) is 8.52. The monoisotopic (exact) mass is 655 g/mol.